The van der Waals surface area contributed by atoms with Crippen LogP contribution in [0.3, 0.4) is 0 Å². The molecule has 0 heterocycles. The van der Waals surface area contributed by atoms with Crippen LogP contribution in [0.5, 0.6) is 0 Å². The molecule has 4 nitrogen and oxygen atoms in total. The topological polar surface area (TPSA) is 57.6 Å². The van der Waals surface area contributed by atoms with E-state index in [1.54, 1.807) is 17.0 Å². The van der Waals surface area contributed by atoms with Crippen molar-refractivity contribution in [1.82, 2.24) is 0 Å². The number of aryl methyl sites for hydroxylation is 1. The van der Waals surface area contributed by atoms with Gasteiger partial charge in [0.1, 0.15) is 0 Å². The molecular formula is C35H53NO3S. The van der Waals surface area contributed by atoms with E-state index in [9.17, 15) is 14.7 Å². The van der Waals surface area contributed by atoms with Crippen molar-refractivity contribution in [3.05, 3.63) is 59.2 Å². The fourth-order valence-electron chi connectivity index (χ4n) is 5.29. The predicted octanol–water partition coefficient (Wildman–Crippen LogP) is 10.5. The van der Waals surface area contributed by atoms with E-state index in [4.69, 9.17) is 0 Å². The second-order valence-electron chi connectivity index (χ2n) is 11.2. The Morgan fingerprint density at radius 1 is 0.700 bits per heavy atom. The molecule has 40 heavy (non-hydrogen) atoms. The molecule has 222 valence electrons. The summed E-state index contributed by atoms with van der Waals surface area (Å²) in [6.45, 7) is 4.23. The molecule has 2 rings (SSSR count). The van der Waals surface area contributed by atoms with Crippen molar-refractivity contribution in [3.63, 3.8) is 0 Å². The van der Waals surface area contributed by atoms with Gasteiger partial charge in [0.15, 0.2) is 0 Å². The minimum Gasteiger partial charge on any atom is -0.478 e. The maximum atomic E-state index is 12.4. The Bertz CT molecular complexity index is 989. The number of carboxylic acid groups (broad SMARTS) is 1. The van der Waals surface area contributed by atoms with Gasteiger partial charge in [0.05, 0.1) is 12.1 Å². The van der Waals surface area contributed by atoms with Gasteiger partial charge in [-0.25, -0.2) is 4.79 Å². The number of rotatable bonds is 22. The van der Waals surface area contributed by atoms with Gasteiger partial charge >= 0.3 is 5.97 Å². The number of thioether (sulfide) groups is 1. The van der Waals surface area contributed by atoms with E-state index in [1.807, 2.05) is 12.3 Å². The highest BCUT2D eigenvalue weighted by molar-refractivity contribution is 7.98. The number of aromatic carboxylic acids is 1. The number of anilines is 1. The number of amides is 1. The van der Waals surface area contributed by atoms with Crippen molar-refractivity contribution >= 4 is 29.3 Å². The number of carbonyl (C=O) groups is 2. The number of benzene rings is 2. The standard InChI is InChI=1S/C35H53NO3S/c1-4-5-6-7-8-9-10-11-12-13-14-15-16-17-18-19-20-30-21-23-31(24-22-30)28-36(29(2)37)32-25-26-34(40-3)33(27-32)35(38)39/h21-27H,4-20,28H2,1-3H3,(H,38,39). The number of hydrogen-bond donors (Lipinski definition) is 1. The first-order valence-electron chi connectivity index (χ1n) is 15.7. The van der Waals surface area contributed by atoms with Gasteiger partial charge < -0.3 is 10.0 Å². The van der Waals surface area contributed by atoms with E-state index < -0.39 is 5.97 Å². The number of carbonyl (C=O) groups excluding carboxylic acids is 1. The molecule has 5 heteroatoms. The molecule has 1 amide bonds. The van der Waals surface area contributed by atoms with E-state index in [2.05, 4.69) is 31.2 Å². The summed E-state index contributed by atoms with van der Waals surface area (Å²) in [6, 6.07) is 13.7. The fourth-order valence-corrected chi connectivity index (χ4v) is 5.86. The van der Waals surface area contributed by atoms with E-state index in [1.165, 1.54) is 127 Å². The molecule has 0 fully saturated rings. The summed E-state index contributed by atoms with van der Waals surface area (Å²) in [6.07, 6.45) is 25.1. The van der Waals surface area contributed by atoms with Gasteiger partial charge in [-0.2, -0.15) is 0 Å². The van der Waals surface area contributed by atoms with Crippen LogP contribution in [-0.2, 0) is 17.8 Å². The number of nitrogens with zero attached hydrogens (tertiary/aromatic N) is 1. The smallest absolute Gasteiger partial charge is 0.336 e. The second-order valence-corrected chi connectivity index (χ2v) is 12.0. The zero-order valence-corrected chi connectivity index (χ0v) is 26.2. The third-order valence-electron chi connectivity index (χ3n) is 7.79. The summed E-state index contributed by atoms with van der Waals surface area (Å²) in [5.74, 6) is -1.08. The Hall–Kier alpha value is -2.27. The van der Waals surface area contributed by atoms with Crippen LogP contribution in [-0.4, -0.2) is 23.2 Å². The average Bonchev–Trinajstić information content (AvgIpc) is 2.95. The van der Waals surface area contributed by atoms with Crippen LogP contribution in [0.2, 0.25) is 0 Å². The number of hydrogen-bond acceptors (Lipinski definition) is 3. The highest BCUT2D eigenvalue weighted by Gasteiger charge is 2.17. The first-order chi connectivity index (χ1) is 19.5. The zero-order valence-electron chi connectivity index (χ0n) is 25.4. The van der Waals surface area contributed by atoms with Crippen molar-refractivity contribution in [3.8, 4) is 0 Å². The van der Waals surface area contributed by atoms with Gasteiger partial charge in [-0.1, -0.05) is 128 Å². The zero-order chi connectivity index (χ0) is 29.0. The fraction of sp³-hybridized carbons (Fsp3) is 0.600. The first kappa shape index (κ1) is 33.9. The highest BCUT2D eigenvalue weighted by atomic mass is 32.2. The van der Waals surface area contributed by atoms with Gasteiger partial charge in [0.25, 0.3) is 0 Å². The molecular weight excluding hydrogens is 514 g/mol. The molecule has 0 saturated carbocycles. The van der Waals surface area contributed by atoms with Crippen molar-refractivity contribution < 1.29 is 14.7 Å². The van der Waals surface area contributed by atoms with Gasteiger partial charge in [0.2, 0.25) is 5.91 Å². The Morgan fingerprint density at radius 2 is 1.18 bits per heavy atom. The van der Waals surface area contributed by atoms with Crippen LogP contribution in [0.25, 0.3) is 0 Å². The van der Waals surface area contributed by atoms with Crippen LogP contribution in [0.4, 0.5) is 5.69 Å². The minimum atomic E-state index is -0.979. The average molecular weight is 568 g/mol. The minimum absolute atomic E-state index is 0.106. The SMILES string of the molecule is CCCCCCCCCCCCCCCCCCc1ccc(CN(C(C)=O)c2ccc(SC)c(C(=O)O)c2)cc1. The van der Waals surface area contributed by atoms with Crippen LogP contribution < -0.4 is 4.90 Å². The molecule has 0 aliphatic rings. The third-order valence-corrected chi connectivity index (χ3v) is 8.58. The lowest BCUT2D eigenvalue weighted by Gasteiger charge is -2.22. The van der Waals surface area contributed by atoms with Crippen LogP contribution in [0.15, 0.2) is 47.4 Å². The van der Waals surface area contributed by atoms with Crippen molar-refractivity contribution in [2.75, 3.05) is 11.2 Å². The van der Waals surface area contributed by atoms with Gasteiger partial charge in [-0.05, 0) is 48.4 Å². The molecule has 0 atom stereocenters. The van der Waals surface area contributed by atoms with Gasteiger partial charge in [-0.3, -0.25) is 4.79 Å². The second kappa shape index (κ2) is 20.6. The van der Waals surface area contributed by atoms with Crippen LogP contribution >= 0.6 is 11.8 Å². The summed E-state index contributed by atoms with van der Waals surface area (Å²) in [4.78, 5) is 26.4. The lowest BCUT2D eigenvalue weighted by molar-refractivity contribution is -0.116. The largest absolute Gasteiger partial charge is 0.478 e. The monoisotopic (exact) mass is 567 g/mol. The van der Waals surface area contributed by atoms with Gasteiger partial charge in [-0.15, -0.1) is 11.8 Å². The molecule has 0 radical (unpaired) electrons. The van der Waals surface area contributed by atoms with Crippen LogP contribution in [0.1, 0.15) is 138 Å². The molecule has 0 aliphatic carbocycles. The number of carboxylic acids is 1. The predicted molar refractivity (Wildman–Crippen MR) is 172 cm³/mol. The third kappa shape index (κ3) is 13.4. The molecule has 2 aromatic rings. The Balaban J connectivity index is 1.61. The Kier molecular flexibility index (Phi) is 17.5. The molecule has 2 aromatic carbocycles. The van der Waals surface area contributed by atoms with Gasteiger partial charge in [0, 0.05) is 17.5 Å². The van der Waals surface area contributed by atoms with E-state index in [0.717, 1.165) is 12.0 Å². The van der Waals surface area contributed by atoms with E-state index in [-0.39, 0.29) is 11.5 Å². The normalized spacial score (nSPS) is 11.1. The summed E-state index contributed by atoms with van der Waals surface area (Å²) in [5, 5.41) is 9.56. The van der Waals surface area contributed by atoms with E-state index in [0.29, 0.717) is 17.1 Å². The molecule has 0 unspecified atom stereocenters. The molecule has 0 aliphatic heterocycles. The first-order valence-corrected chi connectivity index (χ1v) is 17.0. The lowest BCUT2D eigenvalue weighted by Crippen LogP contribution is -2.28. The Morgan fingerprint density at radius 3 is 1.62 bits per heavy atom. The lowest BCUT2D eigenvalue weighted by atomic mass is 10.0. The molecule has 0 aromatic heterocycles. The molecule has 1 N–H and O–H groups in total. The molecule has 0 bridgehead atoms. The Labute approximate surface area is 248 Å². The molecule has 0 saturated heterocycles. The van der Waals surface area contributed by atoms with E-state index >= 15 is 0 Å². The maximum absolute atomic E-state index is 12.4. The highest BCUT2D eigenvalue weighted by Crippen LogP contribution is 2.27. The summed E-state index contributed by atoms with van der Waals surface area (Å²) < 4.78 is 0. The van der Waals surface area contributed by atoms with Crippen LogP contribution in [0, 0.1) is 0 Å². The van der Waals surface area contributed by atoms with Crippen molar-refractivity contribution in [1.29, 1.82) is 0 Å². The quantitative estimate of drug-likeness (QED) is 0.114. The van der Waals surface area contributed by atoms with Crippen molar-refractivity contribution in [2.24, 2.45) is 0 Å². The molecule has 0 spiro atoms. The van der Waals surface area contributed by atoms with Crippen molar-refractivity contribution in [2.45, 2.75) is 134 Å². The summed E-state index contributed by atoms with van der Waals surface area (Å²) in [7, 11) is 0. The maximum Gasteiger partial charge on any atom is 0.336 e. The summed E-state index contributed by atoms with van der Waals surface area (Å²) >= 11 is 1.39. The number of unbranched alkanes of at least 4 members (excludes halogenated alkanes) is 15. The summed E-state index contributed by atoms with van der Waals surface area (Å²) in [5.41, 5.74) is 3.21.